The molecular formula is C16H32ClN3O3S. The topological polar surface area (TPSA) is 92.5 Å². The van der Waals surface area contributed by atoms with Gasteiger partial charge in [0.25, 0.3) is 0 Å². The maximum absolute atomic E-state index is 12.4. The van der Waals surface area contributed by atoms with Gasteiger partial charge in [0.1, 0.15) is 0 Å². The number of fused-ring (bicyclic) bond motifs is 2. The van der Waals surface area contributed by atoms with Gasteiger partial charge in [0.2, 0.25) is 15.9 Å². The largest absolute Gasteiger partial charge is 0.355 e. The van der Waals surface area contributed by atoms with Crippen molar-refractivity contribution in [2.24, 2.45) is 23.5 Å². The zero-order valence-corrected chi connectivity index (χ0v) is 16.4. The summed E-state index contributed by atoms with van der Waals surface area (Å²) >= 11 is 0. The van der Waals surface area contributed by atoms with Gasteiger partial charge in [-0.05, 0) is 37.5 Å². The Labute approximate surface area is 152 Å². The number of carbonyl (C=O) groups is 1. The summed E-state index contributed by atoms with van der Waals surface area (Å²) < 4.78 is 25.7. The standard InChI is InChI=1S/C16H31N3O3S.ClH/c1-3-19(4-2)23(21,22)9-8-18-16(20)14-10-12-6-5-7-13(11-14)15(12)17;/h12-15H,3-11,17H2,1-2H3,(H,18,20);1H. The highest BCUT2D eigenvalue weighted by Gasteiger charge is 2.40. The summed E-state index contributed by atoms with van der Waals surface area (Å²) in [4.78, 5) is 12.4. The van der Waals surface area contributed by atoms with Crippen LogP contribution in [0.5, 0.6) is 0 Å². The van der Waals surface area contributed by atoms with Crippen molar-refractivity contribution in [1.82, 2.24) is 9.62 Å². The zero-order chi connectivity index (χ0) is 17.0. The fourth-order valence-corrected chi connectivity index (χ4v) is 5.60. The van der Waals surface area contributed by atoms with Gasteiger partial charge in [0.15, 0.2) is 0 Å². The van der Waals surface area contributed by atoms with Crippen LogP contribution < -0.4 is 11.1 Å². The molecule has 2 aliphatic carbocycles. The summed E-state index contributed by atoms with van der Waals surface area (Å²) in [5.41, 5.74) is 6.25. The number of sulfonamides is 1. The third-order valence-electron chi connectivity index (χ3n) is 5.54. The molecule has 2 unspecified atom stereocenters. The summed E-state index contributed by atoms with van der Waals surface area (Å²) in [5, 5.41) is 2.83. The molecule has 2 atom stereocenters. The van der Waals surface area contributed by atoms with Gasteiger partial charge in [-0.25, -0.2) is 12.7 Å². The fraction of sp³-hybridized carbons (Fsp3) is 0.938. The Hall–Kier alpha value is -0.370. The molecule has 6 nitrogen and oxygen atoms in total. The van der Waals surface area contributed by atoms with E-state index in [1.165, 1.54) is 10.7 Å². The Balaban J connectivity index is 0.00000288. The molecule has 24 heavy (non-hydrogen) atoms. The molecule has 0 aliphatic heterocycles. The van der Waals surface area contributed by atoms with Crippen LogP contribution in [-0.4, -0.2) is 50.1 Å². The van der Waals surface area contributed by atoms with Gasteiger partial charge in [-0.1, -0.05) is 20.3 Å². The van der Waals surface area contributed by atoms with Gasteiger partial charge in [0, 0.05) is 31.6 Å². The Bertz CT molecular complexity index is 497. The number of hydrogen-bond donors (Lipinski definition) is 2. The smallest absolute Gasteiger partial charge is 0.223 e. The molecule has 0 spiro atoms. The van der Waals surface area contributed by atoms with Crippen molar-refractivity contribution in [1.29, 1.82) is 0 Å². The molecule has 2 rings (SSSR count). The van der Waals surface area contributed by atoms with E-state index in [4.69, 9.17) is 5.73 Å². The van der Waals surface area contributed by atoms with Crippen LogP contribution in [0.4, 0.5) is 0 Å². The van der Waals surface area contributed by atoms with E-state index in [9.17, 15) is 13.2 Å². The molecule has 0 aromatic rings. The molecule has 0 aromatic carbocycles. The van der Waals surface area contributed by atoms with Crippen molar-refractivity contribution in [3.8, 4) is 0 Å². The van der Waals surface area contributed by atoms with Crippen LogP contribution in [0.2, 0.25) is 0 Å². The lowest BCUT2D eigenvalue weighted by atomic mass is 9.65. The van der Waals surface area contributed by atoms with Crippen molar-refractivity contribution in [3.63, 3.8) is 0 Å². The average molecular weight is 382 g/mol. The second kappa shape index (κ2) is 9.36. The summed E-state index contributed by atoms with van der Waals surface area (Å²) in [7, 11) is -3.27. The molecule has 0 aromatic heterocycles. The second-order valence-corrected chi connectivity index (χ2v) is 8.98. The third-order valence-corrected chi connectivity index (χ3v) is 7.57. The zero-order valence-electron chi connectivity index (χ0n) is 14.7. The van der Waals surface area contributed by atoms with E-state index in [-0.39, 0.29) is 42.6 Å². The van der Waals surface area contributed by atoms with Gasteiger partial charge >= 0.3 is 0 Å². The summed E-state index contributed by atoms with van der Waals surface area (Å²) in [6.07, 6.45) is 5.17. The van der Waals surface area contributed by atoms with E-state index in [1.54, 1.807) is 0 Å². The lowest BCUT2D eigenvalue weighted by molar-refractivity contribution is -0.127. The van der Waals surface area contributed by atoms with Crippen molar-refractivity contribution >= 4 is 28.3 Å². The van der Waals surface area contributed by atoms with E-state index in [1.807, 2.05) is 13.8 Å². The fourth-order valence-electron chi connectivity index (χ4n) is 4.20. The summed E-state index contributed by atoms with van der Waals surface area (Å²) in [6, 6.07) is 0.246. The first-order valence-corrected chi connectivity index (χ1v) is 10.5. The van der Waals surface area contributed by atoms with Gasteiger partial charge in [-0.2, -0.15) is 0 Å². The third kappa shape index (κ3) is 5.07. The molecule has 1 amide bonds. The molecule has 2 aliphatic rings. The van der Waals surface area contributed by atoms with Crippen molar-refractivity contribution in [2.75, 3.05) is 25.4 Å². The van der Waals surface area contributed by atoms with E-state index < -0.39 is 10.0 Å². The number of nitrogens with zero attached hydrogens (tertiary/aromatic N) is 1. The Kier molecular flexibility index (Phi) is 8.45. The number of halogens is 1. The predicted molar refractivity (Wildman–Crippen MR) is 98.5 cm³/mol. The van der Waals surface area contributed by atoms with Crippen LogP contribution in [-0.2, 0) is 14.8 Å². The molecule has 0 radical (unpaired) electrons. The van der Waals surface area contributed by atoms with Crippen LogP contribution in [0.3, 0.4) is 0 Å². The minimum absolute atomic E-state index is 0. The van der Waals surface area contributed by atoms with Gasteiger partial charge < -0.3 is 11.1 Å². The number of rotatable bonds is 7. The number of hydrogen-bond acceptors (Lipinski definition) is 4. The minimum Gasteiger partial charge on any atom is -0.355 e. The summed E-state index contributed by atoms with van der Waals surface area (Å²) in [6.45, 7) is 4.77. The number of amides is 1. The van der Waals surface area contributed by atoms with Crippen LogP contribution in [0.1, 0.15) is 46.0 Å². The highest BCUT2D eigenvalue weighted by molar-refractivity contribution is 7.89. The van der Waals surface area contributed by atoms with E-state index in [0.29, 0.717) is 24.9 Å². The van der Waals surface area contributed by atoms with Crippen LogP contribution in [0.25, 0.3) is 0 Å². The minimum atomic E-state index is -3.27. The van der Waals surface area contributed by atoms with Gasteiger partial charge in [-0.3, -0.25) is 4.79 Å². The first-order chi connectivity index (χ1) is 10.9. The average Bonchev–Trinajstić information content (AvgIpc) is 2.47. The molecule has 3 N–H and O–H groups in total. The second-order valence-electron chi connectivity index (χ2n) is 6.89. The quantitative estimate of drug-likeness (QED) is 0.696. The van der Waals surface area contributed by atoms with Crippen molar-refractivity contribution in [2.45, 2.75) is 52.0 Å². The van der Waals surface area contributed by atoms with Gasteiger partial charge in [0.05, 0.1) is 5.75 Å². The van der Waals surface area contributed by atoms with Crippen LogP contribution >= 0.6 is 12.4 Å². The Morgan fingerprint density at radius 1 is 1.17 bits per heavy atom. The Morgan fingerprint density at radius 3 is 2.21 bits per heavy atom. The number of carbonyl (C=O) groups excluding carboxylic acids is 1. The lowest BCUT2D eigenvalue weighted by Crippen LogP contribution is -2.49. The van der Waals surface area contributed by atoms with Crippen LogP contribution in [0, 0.1) is 17.8 Å². The molecule has 2 bridgehead atoms. The molecule has 8 heteroatoms. The van der Waals surface area contributed by atoms with Crippen molar-refractivity contribution < 1.29 is 13.2 Å². The molecule has 0 heterocycles. The van der Waals surface area contributed by atoms with E-state index in [0.717, 1.165) is 25.7 Å². The number of nitrogens with one attached hydrogen (secondary N) is 1. The van der Waals surface area contributed by atoms with E-state index >= 15 is 0 Å². The molecule has 142 valence electrons. The SMILES string of the molecule is CCN(CC)S(=O)(=O)CCNC(=O)C1CC2CCCC(C1)C2N.Cl. The molecule has 2 fully saturated rings. The molecule has 2 saturated carbocycles. The summed E-state index contributed by atoms with van der Waals surface area (Å²) in [5.74, 6) is 0.889. The normalized spacial score (nSPS) is 29.8. The monoisotopic (exact) mass is 381 g/mol. The molecule has 0 saturated heterocycles. The predicted octanol–water partition coefficient (Wildman–Crippen LogP) is 1.35. The lowest BCUT2D eigenvalue weighted by Gasteiger charge is -2.43. The maximum atomic E-state index is 12.4. The first kappa shape index (κ1) is 21.7. The first-order valence-electron chi connectivity index (χ1n) is 8.90. The number of nitrogens with two attached hydrogens (primary N) is 1. The maximum Gasteiger partial charge on any atom is 0.223 e. The van der Waals surface area contributed by atoms with E-state index in [2.05, 4.69) is 5.32 Å². The molecular weight excluding hydrogens is 350 g/mol. The van der Waals surface area contributed by atoms with Gasteiger partial charge in [-0.15, -0.1) is 12.4 Å². The Morgan fingerprint density at radius 2 is 1.71 bits per heavy atom. The van der Waals surface area contributed by atoms with Crippen LogP contribution in [0.15, 0.2) is 0 Å². The highest BCUT2D eigenvalue weighted by atomic mass is 35.5. The highest BCUT2D eigenvalue weighted by Crippen LogP contribution is 2.41. The van der Waals surface area contributed by atoms with Crippen molar-refractivity contribution in [3.05, 3.63) is 0 Å².